The van der Waals surface area contributed by atoms with E-state index >= 15 is 0 Å². The van der Waals surface area contributed by atoms with Gasteiger partial charge in [-0.3, -0.25) is 0 Å². The average Bonchev–Trinajstić information content (AvgIpc) is 2.48. The van der Waals surface area contributed by atoms with Crippen molar-refractivity contribution in [2.45, 2.75) is 6.42 Å². The molecule has 0 saturated heterocycles. The zero-order valence-electron chi connectivity index (χ0n) is 15.3. The molecule has 0 fully saturated rings. The summed E-state index contributed by atoms with van der Waals surface area (Å²) in [6.45, 7) is 0. The van der Waals surface area contributed by atoms with E-state index in [1.54, 1.807) is 6.20 Å². The summed E-state index contributed by atoms with van der Waals surface area (Å²) >= 11 is 0. The van der Waals surface area contributed by atoms with Gasteiger partial charge in [0.1, 0.15) is 5.82 Å². The Labute approximate surface area is 143 Å². The third-order valence-electron chi connectivity index (χ3n) is 3.85. The Balaban J connectivity index is 2.54. The van der Waals surface area contributed by atoms with E-state index in [0.717, 1.165) is 22.5 Å². The molecule has 7 heteroatoms. The van der Waals surface area contributed by atoms with Gasteiger partial charge in [-0.15, -0.1) is 0 Å². The predicted octanol–water partition coefficient (Wildman–Crippen LogP) is 1.43. The van der Waals surface area contributed by atoms with Crippen LogP contribution in [0.1, 0.15) is 11.1 Å². The van der Waals surface area contributed by atoms with E-state index in [4.69, 9.17) is 11.5 Å². The molecule has 4 N–H and O–H groups in total. The lowest BCUT2D eigenvalue weighted by Crippen LogP contribution is -2.21. The summed E-state index contributed by atoms with van der Waals surface area (Å²) in [7, 11) is 12.3. The first-order valence-electron chi connectivity index (χ1n) is 7.76. The molecule has 130 valence electrons. The maximum atomic E-state index is 5.98. The Morgan fingerprint density at radius 2 is 1.42 bits per heavy atom. The average molecular weight is 329 g/mol. The van der Waals surface area contributed by atoms with Crippen LogP contribution < -0.4 is 26.2 Å². The van der Waals surface area contributed by atoms with E-state index in [1.165, 1.54) is 5.69 Å². The highest BCUT2D eigenvalue weighted by molar-refractivity contribution is 5.85. The Kier molecular flexibility index (Phi) is 5.02. The second-order valence-electron chi connectivity index (χ2n) is 6.48. The first-order chi connectivity index (χ1) is 11.2. The maximum absolute atomic E-state index is 5.98. The number of anilines is 5. The van der Waals surface area contributed by atoms with Crippen molar-refractivity contribution in [3.05, 3.63) is 29.5 Å². The van der Waals surface area contributed by atoms with Crippen LogP contribution in [0.2, 0.25) is 0 Å². The van der Waals surface area contributed by atoms with Crippen LogP contribution in [0.5, 0.6) is 0 Å². The van der Waals surface area contributed by atoms with Crippen LogP contribution in [0.3, 0.4) is 0 Å². The van der Waals surface area contributed by atoms with Crippen molar-refractivity contribution in [2.24, 2.45) is 0 Å². The molecule has 0 aliphatic rings. The summed E-state index contributed by atoms with van der Waals surface area (Å²) in [5.74, 6) is 0.624. The Morgan fingerprint density at radius 3 is 1.83 bits per heavy atom. The quantitative estimate of drug-likeness (QED) is 0.858. The van der Waals surface area contributed by atoms with Gasteiger partial charge in [0, 0.05) is 60.5 Å². The summed E-state index contributed by atoms with van der Waals surface area (Å²) in [6, 6.07) is 4.36. The lowest BCUT2D eigenvalue weighted by molar-refractivity contribution is 1.03. The smallest absolute Gasteiger partial charge is 0.221 e. The summed E-state index contributed by atoms with van der Waals surface area (Å²) in [4.78, 5) is 14.5. The molecule has 0 saturated carbocycles. The van der Waals surface area contributed by atoms with Crippen molar-refractivity contribution in [2.75, 3.05) is 68.5 Å². The van der Waals surface area contributed by atoms with E-state index in [9.17, 15) is 0 Å². The van der Waals surface area contributed by atoms with Crippen LogP contribution in [-0.2, 0) is 6.42 Å². The fraction of sp³-hybridized carbons (Fsp3) is 0.412. The normalized spacial score (nSPS) is 10.6. The Morgan fingerprint density at radius 1 is 0.875 bits per heavy atom. The van der Waals surface area contributed by atoms with Gasteiger partial charge in [-0.2, -0.15) is 4.98 Å². The van der Waals surface area contributed by atoms with Gasteiger partial charge in [0.2, 0.25) is 5.95 Å². The van der Waals surface area contributed by atoms with Crippen molar-refractivity contribution in [3.63, 3.8) is 0 Å². The Hall–Kier alpha value is -2.70. The molecule has 0 amide bonds. The van der Waals surface area contributed by atoms with Gasteiger partial charge in [0.15, 0.2) is 0 Å². The number of hydrogen-bond donors (Lipinski definition) is 2. The minimum absolute atomic E-state index is 0.196. The van der Waals surface area contributed by atoms with Crippen molar-refractivity contribution in [3.8, 4) is 0 Å². The molecule has 2 aromatic rings. The zero-order valence-corrected chi connectivity index (χ0v) is 15.3. The van der Waals surface area contributed by atoms with Gasteiger partial charge in [0.05, 0.1) is 17.1 Å². The van der Waals surface area contributed by atoms with Crippen LogP contribution >= 0.6 is 0 Å². The fourth-order valence-electron chi connectivity index (χ4n) is 2.69. The monoisotopic (exact) mass is 329 g/mol. The van der Waals surface area contributed by atoms with Gasteiger partial charge < -0.3 is 26.2 Å². The number of rotatable bonds is 5. The number of nitrogens with two attached hydrogens (primary N) is 2. The summed E-state index contributed by atoms with van der Waals surface area (Å²) in [5, 5.41) is 0. The highest BCUT2D eigenvalue weighted by atomic mass is 15.2. The van der Waals surface area contributed by atoms with Gasteiger partial charge >= 0.3 is 0 Å². The maximum Gasteiger partial charge on any atom is 0.221 e. The zero-order chi connectivity index (χ0) is 18.0. The van der Waals surface area contributed by atoms with Gasteiger partial charge in [0.25, 0.3) is 0 Å². The molecule has 0 bridgehead atoms. The van der Waals surface area contributed by atoms with Crippen LogP contribution in [0, 0.1) is 0 Å². The topological polar surface area (TPSA) is 87.5 Å². The minimum atomic E-state index is 0.196. The fourth-order valence-corrected chi connectivity index (χ4v) is 2.69. The van der Waals surface area contributed by atoms with Crippen LogP contribution in [0.15, 0.2) is 18.3 Å². The third-order valence-corrected chi connectivity index (χ3v) is 3.85. The number of nitrogen functional groups attached to an aromatic ring is 2. The van der Waals surface area contributed by atoms with E-state index in [1.807, 2.05) is 28.2 Å². The number of hydrogen-bond acceptors (Lipinski definition) is 7. The first-order valence-corrected chi connectivity index (χ1v) is 7.76. The summed E-state index contributed by atoms with van der Waals surface area (Å²) in [5.41, 5.74) is 17.1. The molecule has 0 spiro atoms. The predicted molar refractivity (Wildman–Crippen MR) is 103 cm³/mol. The minimum Gasteiger partial charge on any atom is -0.383 e. The van der Waals surface area contributed by atoms with Crippen molar-refractivity contribution in [1.29, 1.82) is 0 Å². The molecule has 0 atom stereocenters. The molecule has 0 radical (unpaired) electrons. The van der Waals surface area contributed by atoms with Crippen LogP contribution in [-0.4, -0.2) is 52.3 Å². The molecule has 0 unspecified atom stereocenters. The molecular weight excluding hydrogens is 302 g/mol. The second kappa shape index (κ2) is 6.82. The Bertz CT molecular complexity index is 694. The molecular formula is C17H27N7. The van der Waals surface area contributed by atoms with Crippen LogP contribution in [0.4, 0.5) is 28.8 Å². The molecule has 0 aliphatic carbocycles. The van der Waals surface area contributed by atoms with Crippen LogP contribution in [0.25, 0.3) is 0 Å². The van der Waals surface area contributed by atoms with Crippen molar-refractivity contribution < 1.29 is 0 Å². The van der Waals surface area contributed by atoms with Crippen molar-refractivity contribution >= 4 is 28.8 Å². The van der Waals surface area contributed by atoms with E-state index in [-0.39, 0.29) is 5.95 Å². The molecule has 1 heterocycles. The lowest BCUT2D eigenvalue weighted by atomic mass is 10.0. The standard InChI is InChI=1S/C17H27N7/c1-22(2)13-8-11(7-12-10-20-17(19)21-16(12)18)9-14(23(3)4)15(13)24(5)6/h8-10H,7H2,1-6H3,(H4,18,19,20,21). The SMILES string of the molecule is CN(C)c1cc(Cc2cnc(N)nc2N)cc(N(C)C)c1N(C)C. The molecule has 0 aliphatic heterocycles. The first kappa shape index (κ1) is 17.7. The lowest BCUT2D eigenvalue weighted by Gasteiger charge is -2.29. The van der Waals surface area contributed by atoms with Gasteiger partial charge in [-0.1, -0.05) is 0 Å². The van der Waals surface area contributed by atoms with E-state index in [0.29, 0.717) is 12.2 Å². The number of aromatic nitrogens is 2. The third kappa shape index (κ3) is 3.61. The molecule has 1 aromatic carbocycles. The van der Waals surface area contributed by atoms with Crippen molar-refractivity contribution in [1.82, 2.24) is 9.97 Å². The van der Waals surface area contributed by atoms with Gasteiger partial charge in [-0.25, -0.2) is 4.98 Å². The molecule has 24 heavy (non-hydrogen) atoms. The summed E-state index contributed by atoms with van der Waals surface area (Å²) in [6.07, 6.45) is 2.35. The molecule has 2 rings (SSSR count). The van der Waals surface area contributed by atoms with E-state index < -0.39 is 0 Å². The summed E-state index contributed by atoms with van der Waals surface area (Å²) < 4.78 is 0. The second-order valence-corrected chi connectivity index (χ2v) is 6.48. The largest absolute Gasteiger partial charge is 0.383 e. The molecule has 1 aromatic heterocycles. The van der Waals surface area contributed by atoms with E-state index in [2.05, 4.69) is 50.9 Å². The van der Waals surface area contributed by atoms with Gasteiger partial charge in [-0.05, 0) is 17.7 Å². The number of benzene rings is 1. The highest BCUT2D eigenvalue weighted by Gasteiger charge is 2.17. The number of nitrogens with zero attached hydrogens (tertiary/aromatic N) is 5. The molecule has 7 nitrogen and oxygen atoms in total. The highest BCUT2D eigenvalue weighted by Crippen LogP contribution is 2.38.